The van der Waals surface area contributed by atoms with Gasteiger partial charge in [-0.3, -0.25) is 0 Å². The average Bonchev–Trinajstić information content (AvgIpc) is 2.71. The molecule has 0 fully saturated rings. The highest BCUT2D eigenvalue weighted by Gasteiger charge is 1.95. The molecule has 0 aromatic carbocycles. The van der Waals surface area contributed by atoms with E-state index in [4.69, 9.17) is 5.73 Å². The van der Waals surface area contributed by atoms with Gasteiger partial charge < -0.3 is 16.0 Å². The van der Waals surface area contributed by atoms with Crippen LogP contribution in [0.25, 0.3) is 0 Å². The number of aromatic nitrogens is 3. The molecule has 2 rings (SSSR count). The van der Waals surface area contributed by atoms with Gasteiger partial charge in [0.1, 0.15) is 5.82 Å². The second-order valence-corrected chi connectivity index (χ2v) is 3.23. The smallest absolute Gasteiger partial charge is 0.127 e. The molecule has 0 amide bonds. The van der Waals surface area contributed by atoms with Crippen molar-refractivity contribution in [3.05, 3.63) is 36.5 Å². The number of nitrogen functional groups attached to an aromatic ring is 1. The van der Waals surface area contributed by atoms with E-state index in [1.54, 1.807) is 18.6 Å². The first-order valence-corrected chi connectivity index (χ1v) is 4.77. The van der Waals surface area contributed by atoms with Gasteiger partial charge in [0.15, 0.2) is 0 Å². The SMILES string of the molecule is Nc1ccnc(NCCc2cnc[nH]2)c1. The van der Waals surface area contributed by atoms with Gasteiger partial charge in [0, 0.05) is 42.8 Å². The van der Waals surface area contributed by atoms with Crippen molar-refractivity contribution in [2.75, 3.05) is 17.6 Å². The van der Waals surface area contributed by atoms with Gasteiger partial charge in [-0.25, -0.2) is 9.97 Å². The zero-order valence-electron chi connectivity index (χ0n) is 8.27. The summed E-state index contributed by atoms with van der Waals surface area (Å²) >= 11 is 0. The van der Waals surface area contributed by atoms with Gasteiger partial charge in [-0.05, 0) is 6.07 Å². The molecule has 0 atom stereocenters. The largest absolute Gasteiger partial charge is 0.399 e. The van der Waals surface area contributed by atoms with Gasteiger partial charge in [0.05, 0.1) is 6.33 Å². The number of nitrogens with two attached hydrogens (primary N) is 1. The number of pyridine rings is 1. The van der Waals surface area contributed by atoms with Gasteiger partial charge in [-0.2, -0.15) is 0 Å². The van der Waals surface area contributed by atoms with E-state index < -0.39 is 0 Å². The maximum atomic E-state index is 5.63. The van der Waals surface area contributed by atoms with Crippen LogP contribution in [0.15, 0.2) is 30.9 Å². The Bertz CT molecular complexity index is 410. The third kappa shape index (κ3) is 2.70. The molecule has 0 unspecified atom stereocenters. The molecule has 5 heteroatoms. The van der Waals surface area contributed by atoms with Crippen molar-refractivity contribution >= 4 is 11.5 Å². The summed E-state index contributed by atoms with van der Waals surface area (Å²) in [6, 6.07) is 3.58. The molecule has 4 N–H and O–H groups in total. The third-order valence-corrected chi connectivity index (χ3v) is 2.04. The third-order valence-electron chi connectivity index (χ3n) is 2.04. The van der Waals surface area contributed by atoms with Crippen LogP contribution in [0.3, 0.4) is 0 Å². The van der Waals surface area contributed by atoms with Crippen LogP contribution in [0.1, 0.15) is 5.69 Å². The first kappa shape index (κ1) is 9.51. The molecule has 0 aliphatic rings. The Morgan fingerprint density at radius 3 is 3.13 bits per heavy atom. The van der Waals surface area contributed by atoms with Crippen LogP contribution in [-0.2, 0) is 6.42 Å². The van der Waals surface area contributed by atoms with Crippen LogP contribution >= 0.6 is 0 Å². The number of nitrogens with one attached hydrogen (secondary N) is 2. The predicted molar refractivity (Wildman–Crippen MR) is 59.4 cm³/mol. The highest BCUT2D eigenvalue weighted by Crippen LogP contribution is 2.07. The lowest BCUT2D eigenvalue weighted by molar-refractivity contribution is 0.968. The number of nitrogens with zero attached hydrogens (tertiary/aromatic N) is 2. The summed E-state index contributed by atoms with van der Waals surface area (Å²) in [5.74, 6) is 0.800. The molecular formula is C10H13N5. The molecule has 0 spiro atoms. The lowest BCUT2D eigenvalue weighted by atomic mass is 10.3. The maximum absolute atomic E-state index is 5.63. The summed E-state index contributed by atoms with van der Waals surface area (Å²) in [6.07, 6.45) is 6.06. The molecule has 2 aromatic rings. The molecule has 2 aromatic heterocycles. The number of aromatic amines is 1. The summed E-state index contributed by atoms with van der Waals surface area (Å²) < 4.78 is 0. The Kier molecular flexibility index (Phi) is 2.82. The van der Waals surface area contributed by atoms with Crippen LogP contribution in [0.2, 0.25) is 0 Å². The van der Waals surface area contributed by atoms with Gasteiger partial charge in [0.25, 0.3) is 0 Å². The number of H-pyrrole nitrogens is 1. The lowest BCUT2D eigenvalue weighted by Crippen LogP contribution is -2.06. The number of imidazole rings is 1. The fourth-order valence-electron chi connectivity index (χ4n) is 1.29. The maximum Gasteiger partial charge on any atom is 0.127 e. The summed E-state index contributed by atoms with van der Waals surface area (Å²) in [5, 5.41) is 3.18. The minimum atomic E-state index is 0.717. The van der Waals surface area contributed by atoms with E-state index >= 15 is 0 Å². The number of rotatable bonds is 4. The molecule has 0 aliphatic heterocycles. The van der Waals surface area contributed by atoms with E-state index in [0.717, 1.165) is 24.5 Å². The Morgan fingerprint density at radius 2 is 2.40 bits per heavy atom. The van der Waals surface area contributed by atoms with Gasteiger partial charge in [-0.15, -0.1) is 0 Å². The summed E-state index contributed by atoms with van der Waals surface area (Å²) in [6.45, 7) is 0.804. The van der Waals surface area contributed by atoms with E-state index in [1.807, 2.05) is 12.3 Å². The van der Waals surface area contributed by atoms with Crippen LogP contribution in [0.5, 0.6) is 0 Å². The monoisotopic (exact) mass is 203 g/mol. The normalized spacial score (nSPS) is 10.1. The second kappa shape index (κ2) is 4.45. The molecule has 2 heterocycles. The van der Waals surface area contributed by atoms with E-state index in [1.165, 1.54) is 0 Å². The standard InChI is InChI=1S/C10H13N5/c11-8-1-3-13-10(5-8)14-4-2-9-6-12-7-15-9/h1,3,5-7H,2,4H2,(H,12,15)(H3,11,13,14). The van der Waals surface area contributed by atoms with Crippen LogP contribution in [-0.4, -0.2) is 21.5 Å². The minimum Gasteiger partial charge on any atom is -0.399 e. The summed E-state index contributed by atoms with van der Waals surface area (Å²) in [7, 11) is 0. The predicted octanol–water partition coefficient (Wildman–Crippen LogP) is 1.04. The zero-order chi connectivity index (χ0) is 10.5. The highest BCUT2D eigenvalue weighted by molar-refractivity contribution is 5.48. The van der Waals surface area contributed by atoms with E-state index in [0.29, 0.717) is 5.69 Å². The summed E-state index contributed by atoms with van der Waals surface area (Å²) in [4.78, 5) is 11.1. The molecule has 0 radical (unpaired) electrons. The molecular weight excluding hydrogens is 190 g/mol. The molecule has 5 nitrogen and oxygen atoms in total. The van der Waals surface area contributed by atoms with Gasteiger partial charge in [0.2, 0.25) is 0 Å². The fourth-order valence-corrected chi connectivity index (χ4v) is 1.29. The van der Waals surface area contributed by atoms with Crippen molar-refractivity contribution in [1.82, 2.24) is 15.0 Å². The van der Waals surface area contributed by atoms with E-state index in [9.17, 15) is 0 Å². The van der Waals surface area contributed by atoms with Crippen molar-refractivity contribution < 1.29 is 0 Å². The molecule has 0 aliphatic carbocycles. The van der Waals surface area contributed by atoms with Crippen molar-refractivity contribution in [3.8, 4) is 0 Å². The molecule has 15 heavy (non-hydrogen) atoms. The zero-order valence-corrected chi connectivity index (χ0v) is 8.27. The first-order valence-electron chi connectivity index (χ1n) is 4.77. The van der Waals surface area contributed by atoms with Crippen molar-refractivity contribution in [1.29, 1.82) is 0 Å². The Morgan fingerprint density at radius 1 is 1.47 bits per heavy atom. The van der Waals surface area contributed by atoms with Crippen LogP contribution in [0, 0.1) is 0 Å². The Labute approximate surface area is 87.8 Å². The molecule has 0 saturated carbocycles. The van der Waals surface area contributed by atoms with Crippen LogP contribution in [0.4, 0.5) is 11.5 Å². The minimum absolute atomic E-state index is 0.717. The first-order chi connectivity index (χ1) is 7.34. The summed E-state index contributed by atoms with van der Waals surface area (Å²) in [5.41, 5.74) is 7.45. The van der Waals surface area contributed by atoms with Crippen LogP contribution < -0.4 is 11.1 Å². The van der Waals surface area contributed by atoms with E-state index in [2.05, 4.69) is 20.3 Å². The Hall–Kier alpha value is -2.04. The van der Waals surface area contributed by atoms with Crippen molar-refractivity contribution in [3.63, 3.8) is 0 Å². The van der Waals surface area contributed by atoms with Gasteiger partial charge in [-0.1, -0.05) is 0 Å². The quantitative estimate of drug-likeness (QED) is 0.693. The molecule has 0 bridgehead atoms. The number of hydrogen-bond acceptors (Lipinski definition) is 4. The van der Waals surface area contributed by atoms with E-state index in [-0.39, 0.29) is 0 Å². The van der Waals surface area contributed by atoms with Crippen molar-refractivity contribution in [2.24, 2.45) is 0 Å². The van der Waals surface area contributed by atoms with Crippen molar-refractivity contribution in [2.45, 2.75) is 6.42 Å². The Balaban J connectivity index is 1.83. The molecule has 0 saturated heterocycles. The second-order valence-electron chi connectivity index (χ2n) is 3.23. The number of anilines is 2. The fraction of sp³-hybridized carbons (Fsp3) is 0.200. The molecule has 78 valence electrons. The average molecular weight is 203 g/mol. The lowest BCUT2D eigenvalue weighted by Gasteiger charge is -2.04. The highest BCUT2D eigenvalue weighted by atomic mass is 15.0. The van der Waals surface area contributed by atoms with Gasteiger partial charge >= 0.3 is 0 Å². The number of hydrogen-bond donors (Lipinski definition) is 3. The topological polar surface area (TPSA) is 79.6 Å².